The molecule has 0 saturated carbocycles. The van der Waals surface area contributed by atoms with Crippen molar-refractivity contribution in [2.24, 2.45) is 0 Å². The third kappa shape index (κ3) is 3.29. The predicted octanol–water partition coefficient (Wildman–Crippen LogP) is 4.37. The van der Waals surface area contributed by atoms with E-state index in [0.717, 1.165) is 21.5 Å². The monoisotopic (exact) mass is 391 g/mol. The first kappa shape index (κ1) is 18.3. The Labute approximate surface area is 167 Å². The molecule has 0 saturated heterocycles. The van der Waals surface area contributed by atoms with E-state index in [1.807, 2.05) is 25.1 Å². The first-order valence-electron chi connectivity index (χ1n) is 9.18. The number of benzene rings is 1. The zero-order valence-corrected chi connectivity index (χ0v) is 16.9. The molecule has 3 heterocycles. The second kappa shape index (κ2) is 7.52. The quantitative estimate of drug-likeness (QED) is 0.507. The lowest BCUT2D eigenvalue weighted by Crippen LogP contribution is -2.32. The number of aromatic nitrogens is 4. The number of fused-ring (bicyclic) bond motifs is 1. The van der Waals surface area contributed by atoms with Crippen LogP contribution in [-0.4, -0.2) is 25.7 Å². The van der Waals surface area contributed by atoms with Crippen LogP contribution in [0.4, 0.5) is 5.13 Å². The highest BCUT2D eigenvalue weighted by molar-refractivity contribution is 7.22. The van der Waals surface area contributed by atoms with Crippen LogP contribution in [-0.2, 0) is 13.1 Å². The molecule has 0 spiro atoms. The standard InChI is InChI=1S/C21H21N5OS/c1-4-26-17(10-12-23-26)20(27)25(13-16-7-5-6-11-22-16)21-24-19-15(3)14(2)8-9-18(19)28-21/h5-12H,4,13H2,1-3H3. The number of thiazole rings is 1. The summed E-state index contributed by atoms with van der Waals surface area (Å²) in [4.78, 5) is 24.3. The molecular formula is C21H21N5OS. The highest BCUT2D eigenvalue weighted by Gasteiger charge is 2.25. The first-order valence-corrected chi connectivity index (χ1v) is 10.0. The minimum atomic E-state index is -0.126. The van der Waals surface area contributed by atoms with Crippen molar-refractivity contribution in [3.63, 3.8) is 0 Å². The van der Waals surface area contributed by atoms with Gasteiger partial charge in [0.1, 0.15) is 5.69 Å². The lowest BCUT2D eigenvalue weighted by atomic mass is 10.1. The molecule has 4 aromatic rings. The van der Waals surface area contributed by atoms with Crippen LogP contribution in [0, 0.1) is 13.8 Å². The summed E-state index contributed by atoms with van der Waals surface area (Å²) in [5, 5.41) is 4.91. The van der Waals surface area contributed by atoms with Gasteiger partial charge in [-0.15, -0.1) is 0 Å². The molecule has 7 heteroatoms. The molecule has 6 nitrogen and oxygen atoms in total. The third-order valence-corrected chi connectivity index (χ3v) is 5.87. The Bertz CT molecular complexity index is 1130. The summed E-state index contributed by atoms with van der Waals surface area (Å²) in [6.45, 7) is 7.09. The molecule has 0 radical (unpaired) electrons. The van der Waals surface area contributed by atoms with E-state index in [-0.39, 0.29) is 5.91 Å². The van der Waals surface area contributed by atoms with Crippen molar-refractivity contribution in [1.29, 1.82) is 0 Å². The lowest BCUT2D eigenvalue weighted by molar-refractivity contribution is 0.0974. The number of amides is 1. The van der Waals surface area contributed by atoms with Crippen molar-refractivity contribution in [1.82, 2.24) is 19.7 Å². The summed E-state index contributed by atoms with van der Waals surface area (Å²) in [5.41, 5.74) is 4.64. The molecule has 1 aromatic carbocycles. The zero-order valence-electron chi connectivity index (χ0n) is 16.1. The molecule has 0 bridgehead atoms. The van der Waals surface area contributed by atoms with Crippen LogP contribution in [0.5, 0.6) is 0 Å². The average Bonchev–Trinajstić information content (AvgIpc) is 3.36. The normalized spacial score (nSPS) is 11.1. The Hall–Kier alpha value is -3.06. The Morgan fingerprint density at radius 1 is 1.14 bits per heavy atom. The van der Waals surface area contributed by atoms with Gasteiger partial charge in [-0.1, -0.05) is 23.5 Å². The van der Waals surface area contributed by atoms with Crippen LogP contribution >= 0.6 is 11.3 Å². The van der Waals surface area contributed by atoms with Gasteiger partial charge < -0.3 is 0 Å². The maximum Gasteiger partial charge on any atom is 0.278 e. The van der Waals surface area contributed by atoms with Gasteiger partial charge in [0.05, 0.1) is 22.5 Å². The number of hydrogen-bond donors (Lipinski definition) is 0. The van der Waals surface area contributed by atoms with Gasteiger partial charge in [0.25, 0.3) is 5.91 Å². The van der Waals surface area contributed by atoms with E-state index in [4.69, 9.17) is 4.98 Å². The van der Waals surface area contributed by atoms with Crippen LogP contribution in [0.15, 0.2) is 48.8 Å². The predicted molar refractivity (Wildman–Crippen MR) is 112 cm³/mol. The average molecular weight is 392 g/mol. The second-order valence-electron chi connectivity index (χ2n) is 6.60. The number of nitrogens with zero attached hydrogens (tertiary/aromatic N) is 5. The second-order valence-corrected chi connectivity index (χ2v) is 7.60. The van der Waals surface area contributed by atoms with E-state index in [1.54, 1.807) is 28.0 Å². The number of carbonyl (C=O) groups is 1. The molecular weight excluding hydrogens is 370 g/mol. The molecule has 0 N–H and O–H groups in total. The minimum Gasteiger partial charge on any atom is -0.277 e. The van der Waals surface area contributed by atoms with Crippen molar-refractivity contribution >= 4 is 32.6 Å². The van der Waals surface area contributed by atoms with Crippen LogP contribution in [0.2, 0.25) is 0 Å². The van der Waals surface area contributed by atoms with Crippen LogP contribution < -0.4 is 4.90 Å². The number of carbonyl (C=O) groups excluding carboxylic acids is 1. The van der Waals surface area contributed by atoms with E-state index in [9.17, 15) is 4.79 Å². The Kier molecular flexibility index (Phi) is 4.92. The lowest BCUT2D eigenvalue weighted by Gasteiger charge is -2.19. The smallest absolute Gasteiger partial charge is 0.277 e. The molecule has 0 unspecified atom stereocenters. The fourth-order valence-corrected chi connectivity index (χ4v) is 4.14. The van der Waals surface area contributed by atoms with Crippen molar-refractivity contribution in [2.75, 3.05) is 4.90 Å². The number of hydrogen-bond acceptors (Lipinski definition) is 5. The van der Waals surface area contributed by atoms with E-state index in [1.165, 1.54) is 16.9 Å². The Morgan fingerprint density at radius 2 is 2.00 bits per heavy atom. The van der Waals surface area contributed by atoms with Gasteiger partial charge in [-0.05, 0) is 56.2 Å². The van der Waals surface area contributed by atoms with Crippen molar-refractivity contribution in [2.45, 2.75) is 33.9 Å². The van der Waals surface area contributed by atoms with Crippen LogP contribution in [0.1, 0.15) is 34.2 Å². The van der Waals surface area contributed by atoms with Gasteiger partial charge in [-0.2, -0.15) is 5.10 Å². The van der Waals surface area contributed by atoms with Crippen molar-refractivity contribution in [3.05, 3.63) is 71.3 Å². The van der Waals surface area contributed by atoms with Crippen LogP contribution in [0.3, 0.4) is 0 Å². The van der Waals surface area contributed by atoms with Gasteiger partial charge in [0.15, 0.2) is 5.13 Å². The molecule has 0 atom stereocenters. The topological polar surface area (TPSA) is 63.9 Å². The molecule has 3 aromatic heterocycles. The van der Waals surface area contributed by atoms with E-state index < -0.39 is 0 Å². The summed E-state index contributed by atoms with van der Waals surface area (Å²) in [5.74, 6) is -0.126. The summed E-state index contributed by atoms with van der Waals surface area (Å²) < 4.78 is 2.78. The molecule has 4 rings (SSSR count). The van der Waals surface area contributed by atoms with Gasteiger partial charge in [0.2, 0.25) is 0 Å². The van der Waals surface area contributed by atoms with E-state index in [0.29, 0.717) is 23.9 Å². The number of aryl methyl sites for hydroxylation is 3. The molecule has 142 valence electrons. The van der Waals surface area contributed by atoms with E-state index in [2.05, 4.69) is 36.1 Å². The molecule has 0 aliphatic carbocycles. The number of anilines is 1. The third-order valence-electron chi connectivity index (χ3n) is 4.83. The minimum absolute atomic E-state index is 0.126. The van der Waals surface area contributed by atoms with E-state index >= 15 is 0 Å². The van der Waals surface area contributed by atoms with Crippen LogP contribution in [0.25, 0.3) is 10.2 Å². The summed E-state index contributed by atoms with van der Waals surface area (Å²) in [6, 6.07) is 11.6. The van der Waals surface area contributed by atoms with Gasteiger partial charge in [-0.25, -0.2) is 4.98 Å². The van der Waals surface area contributed by atoms with Crippen molar-refractivity contribution < 1.29 is 4.79 Å². The molecule has 0 fully saturated rings. The molecule has 1 amide bonds. The van der Waals surface area contributed by atoms with Crippen molar-refractivity contribution in [3.8, 4) is 0 Å². The molecule has 28 heavy (non-hydrogen) atoms. The largest absolute Gasteiger partial charge is 0.278 e. The van der Waals surface area contributed by atoms with Gasteiger partial charge >= 0.3 is 0 Å². The maximum absolute atomic E-state index is 13.4. The Balaban J connectivity index is 1.81. The number of rotatable bonds is 5. The fourth-order valence-electron chi connectivity index (χ4n) is 3.11. The van der Waals surface area contributed by atoms with Gasteiger partial charge in [0, 0.05) is 18.9 Å². The maximum atomic E-state index is 13.4. The SMILES string of the molecule is CCn1nccc1C(=O)N(Cc1ccccn1)c1nc2c(C)c(C)ccc2s1. The molecule has 0 aliphatic rings. The zero-order chi connectivity index (χ0) is 19.7. The fraction of sp³-hybridized carbons (Fsp3) is 0.238. The summed E-state index contributed by atoms with van der Waals surface area (Å²) in [6.07, 6.45) is 3.39. The Morgan fingerprint density at radius 3 is 2.75 bits per heavy atom. The molecule has 0 aliphatic heterocycles. The first-order chi connectivity index (χ1) is 13.6. The number of pyridine rings is 1. The summed E-state index contributed by atoms with van der Waals surface area (Å²) >= 11 is 1.52. The highest BCUT2D eigenvalue weighted by Crippen LogP contribution is 2.33. The summed E-state index contributed by atoms with van der Waals surface area (Å²) in [7, 11) is 0. The highest BCUT2D eigenvalue weighted by atomic mass is 32.1. The van der Waals surface area contributed by atoms with Gasteiger partial charge in [-0.3, -0.25) is 19.4 Å².